The molecule has 2 rings (SSSR count). The second kappa shape index (κ2) is 12.4. The minimum atomic E-state index is -1.32. The van der Waals surface area contributed by atoms with Gasteiger partial charge in [-0.1, -0.05) is 30.3 Å². The topological polar surface area (TPSA) is 180 Å². The molecule has 1 fully saturated rings. The van der Waals surface area contributed by atoms with Gasteiger partial charge < -0.3 is 32.1 Å². The summed E-state index contributed by atoms with van der Waals surface area (Å²) in [6.07, 6.45) is 1.41. The van der Waals surface area contributed by atoms with Crippen LogP contribution in [0.3, 0.4) is 0 Å². The lowest BCUT2D eigenvalue weighted by molar-refractivity contribution is -0.142. The van der Waals surface area contributed by atoms with Gasteiger partial charge in [-0.05, 0) is 31.4 Å². The Balaban J connectivity index is 1.95. The van der Waals surface area contributed by atoms with E-state index in [4.69, 9.17) is 10.8 Å². The van der Waals surface area contributed by atoms with Crippen molar-refractivity contribution in [3.8, 4) is 0 Å². The summed E-state index contributed by atoms with van der Waals surface area (Å²) in [4.78, 5) is 59.4. The molecule has 1 aliphatic rings. The average Bonchev–Trinajstić information content (AvgIpc) is 3.30. The molecule has 11 nitrogen and oxygen atoms in total. The molecule has 7 N–H and O–H groups in total. The van der Waals surface area contributed by atoms with Crippen molar-refractivity contribution in [1.29, 1.82) is 0 Å². The van der Waals surface area contributed by atoms with Crippen molar-refractivity contribution in [3.63, 3.8) is 0 Å². The van der Waals surface area contributed by atoms with Crippen molar-refractivity contribution in [2.75, 3.05) is 13.1 Å². The predicted octanol–water partition coefficient (Wildman–Crippen LogP) is -1.58. The van der Waals surface area contributed by atoms with E-state index in [1.165, 1.54) is 0 Å². The molecule has 32 heavy (non-hydrogen) atoms. The first kappa shape index (κ1) is 24.8. The van der Waals surface area contributed by atoms with Gasteiger partial charge in [0.05, 0.1) is 12.6 Å². The van der Waals surface area contributed by atoms with Crippen LogP contribution in [0.15, 0.2) is 30.3 Å². The van der Waals surface area contributed by atoms with Crippen LogP contribution in [0.4, 0.5) is 0 Å². The van der Waals surface area contributed by atoms with E-state index < -0.39 is 42.3 Å². The van der Waals surface area contributed by atoms with Crippen LogP contribution >= 0.6 is 0 Å². The maximum Gasteiger partial charge on any atom is 0.326 e. The van der Waals surface area contributed by atoms with Crippen LogP contribution in [-0.2, 0) is 30.4 Å². The molecule has 174 valence electrons. The second-order valence-electron chi connectivity index (χ2n) is 7.58. The van der Waals surface area contributed by atoms with Crippen molar-refractivity contribution < 1.29 is 29.1 Å². The van der Waals surface area contributed by atoms with Gasteiger partial charge >= 0.3 is 5.97 Å². The van der Waals surface area contributed by atoms with E-state index in [1.54, 1.807) is 0 Å². The van der Waals surface area contributed by atoms with Gasteiger partial charge in [0.25, 0.3) is 0 Å². The van der Waals surface area contributed by atoms with Gasteiger partial charge in [0.1, 0.15) is 12.1 Å². The SMILES string of the molecule is NC(=O)CCC(NC(=O)CNC(=O)C(Cc1ccccc1)NC(=O)C1CCCN1)C(=O)O. The summed E-state index contributed by atoms with van der Waals surface area (Å²) in [6.45, 7) is 0.246. The van der Waals surface area contributed by atoms with Crippen molar-refractivity contribution in [3.05, 3.63) is 35.9 Å². The maximum absolute atomic E-state index is 12.7. The van der Waals surface area contributed by atoms with E-state index >= 15 is 0 Å². The number of hydrogen-bond acceptors (Lipinski definition) is 6. The highest BCUT2D eigenvalue weighted by Gasteiger charge is 2.28. The van der Waals surface area contributed by atoms with Gasteiger partial charge in [0, 0.05) is 12.8 Å². The first-order valence-corrected chi connectivity index (χ1v) is 10.4. The van der Waals surface area contributed by atoms with Crippen LogP contribution in [0.25, 0.3) is 0 Å². The van der Waals surface area contributed by atoms with Crippen molar-refractivity contribution in [2.45, 2.75) is 50.2 Å². The highest BCUT2D eigenvalue weighted by atomic mass is 16.4. The molecule has 1 aliphatic heterocycles. The van der Waals surface area contributed by atoms with Crippen LogP contribution in [0.1, 0.15) is 31.2 Å². The number of carboxylic acid groups (broad SMARTS) is 1. The molecule has 0 saturated carbocycles. The van der Waals surface area contributed by atoms with E-state index in [2.05, 4.69) is 21.3 Å². The lowest BCUT2D eigenvalue weighted by atomic mass is 10.0. The lowest BCUT2D eigenvalue weighted by Gasteiger charge is -2.21. The van der Waals surface area contributed by atoms with Crippen LogP contribution in [0.2, 0.25) is 0 Å². The van der Waals surface area contributed by atoms with Gasteiger partial charge in [-0.3, -0.25) is 19.2 Å². The Morgan fingerprint density at radius 2 is 1.81 bits per heavy atom. The van der Waals surface area contributed by atoms with Crippen LogP contribution in [0.5, 0.6) is 0 Å². The number of carboxylic acids is 1. The third-order valence-electron chi connectivity index (χ3n) is 5.03. The number of benzene rings is 1. The monoisotopic (exact) mass is 447 g/mol. The minimum absolute atomic E-state index is 0.161. The lowest BCUT2D eigenvalue weighted by Crippen LogP contribution is -2.54. The van der Waals surface area contributed by atoms with Crippen LogP contribution < -0.4 is 27.0 Å². The molecule has 3 atom stereocenters. The molecule has 1 heterocycles. The number of primary amides is 1. The molecular weight excluding hydrogens is 418 g/mol. The number of nitrogens with one attached hydrogen (secondary N) is 4. The first-order chi connectivity index (χ1) is 15.3. The highest BCUT2D eigenvalue weighted by molar-refractivity contribution is 5.93. The molecule has 0 spiro atoms. The van der Waals surface area contributed by atoms with Gasteiger partial charge in [0.2, 0.25) is 23.6 Å². The van der Waals surface area contributed by atoms with Crippen molar-refractivity contribution in [1.82, 2.24) is 21.3 Å². The Bertz CT molecular complexity index is 825. The number of carbonyl (C=O) groups is 5. The molecule has 0 radical (unpaired) electrons. The Morgan fingerprint density at radius 1 is 1.09 bits per heavy atom. The molecule has 1 saturated heterocycles. The van der Waals surface area contributed by atoms with E-state index in [9.17, 15) is 24.0 Å². The van der Waals surface area contributed by atoms with E-state index in [-0.39, 0.29) is 31.2 Å². The minimum Gasteiger partial charge on any atom is -0.480 e. The Morgan fingerprint density at radius 3 is 2.41 bits per heavy atom. The standard InChI is InChI=1S/C21H29N5O6/c22-17(27)9-8-15(21(31)32)25-18(28)12-24-19(29)16(11-13-5-2-1-3-6-13)26-20(30)14-7-4-10-23-14/h1-3,5-6,14-16,23H,4,7-12H2,(H2,22,27)(H,24,29)(H,25,28)(H,26,30)(H,31,32). The third kappa shape index (κ3) is 8.34. The van der Waals surface area contributed by atoms with E-state index in [0.29, 0.717) is 6.42 Å². The van der Waals surface area contributed by atoms with Crippen LogP contribution in [-0.4, -0.2) is 65.9 Å². The van der Waals surface area contributed by atoms with Crippen molar-refractivity contribution in [2.24, 2.45) is 5.73 Å². The van der Waals surface area contributed by atoms with E-state index in [1.807, 2.05) is 30.3 Å². The largest absolute Gasteiger partial charge is 0.480 e. The first-order valence-electron chi connectivity index (χ1n) is 10.4. The summed E-state index contributed by atoms with van der Waals surface area (Å²) in [5.74, 6) is -3.60. The second-order valence-corrected chi connectivity index (χ2v) is 7.58. The predicted molar refractivity (Wildman–Crippen MR) is 114 cm³/mol. The smallest absolute Gasteiger partial charge is 0.326 e. The third-order valence-corrected chi connectivity index (χ3v) is 5.03. The zero-order valence-corrected chi connectivity index (χ0v) is 17.6. The maximum atomic E-state index is 12.7. The van der Waals surface area contributed by atoms with E-state index in [0.717, 1.165) is 18.5 Å². The fraction of sp³-hybridized carbons (Fsp3) is 0.476. The molecule has 0 aliphatic carbocycles. The Kier molecular flexibility index (Phi) is 9.61. The summed E-state index contributed by atoms with van der Waals surface area (Å²) in [7, 11) is 0. The molecular formula is C21H29N5O6. The number of hydrogen-bond donors (Lipinski definition) is 6. The zero-order chi connectivity index (χ0) is 23.5. The van der Waals surface area contributed by atoms with Gasteiger partial charge in [-0.15, -0.1) is 0 Å². The summed E-state index contributed by atoms with van der Waals surface area (Å²) in [6, 6.07) is 6.52. The van der Waals surface area contributed by atoms with Gasteiger partial charge in [-0.2, -0.15) is 0 Å². The number of carbonyl (C=O) groups excluding carboxylic acids is 4. The molecule has 3 unspecified atom stereocenters. The number of nitrogens with two attached hydrogens (primary N) is 1. The number of amides is 4. The molecule has 0 aromatic heterocycles. The summed E-state index contributed by atoms with van der Waals surface area (Å²) >= 11 is 0. The van der Waals surface area contributed by atoms with Gasteiger partial charge in [0.15, 0.2) is 0 Å². The highest BCUT2D eigenvalue weighted by Crippen LogP contribution is 2.08. The average molecular weight is 447 g/mol. The number of rotatable bonds is 12. The normalized spacial score (nSPS) is 17.1. The molecule has 1 aromatic carbocycles. The fourth-order valence-electron chi connectivity index (χ4n) is 3.32. The zero-order valence-electron chi connectivity index (χ0n) is 17.6. The molecule has 4 amide bonds. The summed E-state index contributed by atoms with van der Waals surface area (Å²) < 4.78 is 0. The number of aliphatic carboxylic acids is 1. The summed E-state index contributed by atoms with van der Waals surface area (Å²) in [5, 5.41) is 19.6. The molecule has 11 heteroatoms. The molecule has 0 bridgehead atoms. The van der Waals surface area contributed by atoms with Crippen molar-refractivity contribution >= 4 is 29.6 Å². The Labute approximate surface area is 185 Å². The fourth-order valence-corrected chi connectivity index (χ4v) is 3.32. The summed E-state index contributed by atoms with van der Waals surface area (Å²) in [5.41, 5.74) is 5.84. The van der Waals surface area contributed by atoms with Gasteiger partial charge in [-0.25, -0.2) is 4.79 Å². The van der Waals surface area contributed by atoms with Crippen LogP contribution in [0, 0.1) is 0 Å². The Hall–Kier alpha value is -3.47. The molecule has 1 aromatic rings. The quantitative estimate of drug-likeness (QED) is 0.224.